The summed E-state index contributed by atoms with van der Waals surface area (Å²) >= 11 is 1.35. The molecular weight excluding hydrogens is 426 g/mol. The van der Waals surface area contributed by atoms with Crippen LogP contribution in [0.5, 0.6) is 5.75 Å². The van der Waals surface area contributed by atoms with Gasteiger partial charge < -0.3 is 9.15 Å². The SMILES string of the molecule is COc1ccc(-c2nnc(CSc3nc4ccccc4c(=O)n3-c3cccnc3)o2)cc1. The third kappa shape index (κ3) is 3.85. The van der Waals surface area contributed by atoms with Gasteiger partial charge in [0.05, 0.1) is 35.6 Å². The monoisotopic (exact) mass is 443 g/mol. The predicted molar refractivity (Wildman–Crippen MR) is 121 cm³/mol. The Kier molecular flexibility index (Phi) is 5.39. The summed E-state index contributed by atoms with van der Waals surface area (Å²) in [6.07, 6.45) is 3.30. The Balaban J connectivity index is 1.47. The van der Waals surface area contributed by atoms with Crippen LogP contribution in [0.15, 0.2) is 87.4 Å². The van der Waals surface area contributed by atoms with E-state index in [2.05, 4.69) is 15.2 Å². The van der Waals surface area contributed by atoms with Gasteiger partial charge in [-0.3, -0.25) is 14.3 Å². The number of nitrogens with zero attached hydrogens (tertiary/aromatic N) is 5. The Morgan fingerprint density at radius 2 is 1.88 bits per heavy atom. The number of hydrogen-bond donors (Lipinski definition) is 0. The molecule has 2 aromatic carbocycles. The Morgan fingerprint density at radius 1 is 1.03 bits per heavy atom. The molecule has 0 amide bonds. The van der Waals surface area contributed by atoms with Crippen molar-refractivity contribution in [2.24, 2.45) is 0 Å². The van der Waals surface area contributed by atoms with Crippen LogP contribution < -0.4 is 10.3 Å². The Morgan fingerprint density at radius 3 is 2.66 bits per heavy atom. The quantitative estimate of drug-likeness (QED) is 0.285. The van der Waals surface area contributed by atoms with Crippen molar-refractivity contribution in [3.63, 3.8) is 0 Å². The summed E-state index contributed by atoms with van der Waals surface area (Å²) in [5.41, 5.74) is 1.91. The van der Waals surface area contributed by atoms with Gasteiger partial charge in [0, 0.05) is 11.8 Å². The number of para-hydroxylation sites is 1. The number of aromatic nitrogens is 5. The summed E-state index contributed by atoms with van der Waals surface area (Å²) in [6.45, 7) is 0. The van der Waals surface area contributed by atoms with Gasteiger partial charge in [0.1, 0.15) is 5.75 Å². The molecule has 3 heterocycles. The van der Waals surface area contributed by atoms with E-state index in [4.69, 9.17) is 14.1 Å². The molecule has 0 saturated heterocycles. The number of pyridine rings is 1. The molecule has 0 atom stereocenters. The summed E-state index contributed by atoms with van der Waals surface area (Å²) in [4.78, 5) is 22.1. The van der Waals surface area contributed by atoms with E-state index >= 15 is 0 Å². The van der Waals surface area contributed by atoms with E-state index < -0.39 is 0 Å². The van der Waals surface area contributed by atoms with Crippen LogP contribution in [-0.4, -0.2) is 31.8 Å². The van der Waals surface area contributed by atoms with Gasteiger partial charge in [-0.2, -0.15) is 0 Å². The average Bonchev–Trinajstić information content (AvgIpc) is 3.32. The molecule has 3 aromatic heterocycles. The first kappa shape index (κ1) is 20.0. The first-order chi connectivity index (χ1) is 15.7. The molecule has 0 N–H and O–H groups in total. The number of thioether (sulfide) groups is 1. The third-order valence-corrected chi connectivity index (χ3v) is 5.70. The normalized spacial score (nSPS) is 11.0. The second kappa shape index (κ2) is 8.64. The Hall–Kier alpha value is -3.98. The minimum Gasteiger partial charge on any atom is -0.497 e. The van der Waals surface area contributed by atoms with Crippen molar-refractivity contribution >= 4 is 22.7 Å². The molecule has 5 aromatic rings. The molecule has 5 rings (SSSR count). The lowest BCUT2D eigenvalue weighted by atomic mass is 10.2. The predicted octanol–water partition coefficient (Wildman–Crippen LogP) is 4.13. The highest BCUT2D eigenvalue weighted by Crippen LogP contribution is 2.26. The molecule has 9 heteroatoms. The van der Waals surface area contributed by atoms with Gasteiger partial charge >= 0.3 is 0 Å². The molecule has 0 aliphatic rings. The zero-order valence-electron chi connectivity index (χ0n) is 17.0. The summed E-state index contributed by atoms with van der Waals surface area (Å²) in [5, 5.41) is 9.33. The standard InChI is InChI=1S/C23H17N5O3S/c1-30-17-10-8-15(9-11-17)21-27-26-20(31-21)14-32-23-25-19-7-3-2-6-18(19)22(29)28(23)16-5-4-12-24-13-16/h2-13H,14H2,1H3. The van der Waals surface area contributed by atoms with Crippen LogP contribution in [0.2, 0.25) is 0 Å². The molecule has 0 aliphatic heterocycles. The second-order valence-corrected chi connectivity index (χ2v) is 7.72. The van der Waals surface area contributed by atoms with E-state index in [0.29, 0.717) is 39.3 Å². The number of ether oxygens (including phenoxy) is 1. The van der Waals surface area contributed by atoms with Crippen molar-refractivity contribution in [3.8, 4) is 22.9 Å². The van der Waals surface area contributed by atoms with Gasteiger partial charge in [-0.15, -0.1) is 10.2 Å². The maximum Gasteiger partial charge on any atom is 0.266 e. The van der Waals surface area contributed by atoms with Crippen molar-refractivity contribution in [1.82, 2.24) is 24.7 Å². The van der Waals surface area contributed by atoms with E-state index in [1.807, 2.05) is 48.5 Å². The molecule has 158 valence electrons. The highest BCUT2D eigenvalue weighted by Gasteiger charge is 2.15. The van der Waals surface area contributed by atoms with E-state index in [1.165, 1.54) is 11.8 Å². The lowest BCUT2D eigenvalue weighted by molar-refractivity contribution is 0.415. The second-order valence-electron chi connectivity index (χ2n) is 6.78. The van der Waals surface area contributed by atoms with Crippen LogP contribution in [0.4, 0.5) is 0 Å². The maximum atomic E-state index is 13.2. The lowest BCUT2D eigenvalue weighted by Crippen LogP contribution is -2.21. The van der Waals surface area contributed by atoms with Gasteiger partial charge in [0.2, 0.25) is 11.8 Å². The van der Waals surface area contributed by atoms with E-state index in [1.54, 1.807) is 36.2 Å². The van der Waals surface area contributed by atoms with E-state index in [9.17, 15) is 4.79 Å². The summed E-state index contributed by atoms with van der Waals surface area (Å²) in [7, 11) is 1.61. The molecule has 0 aliphatic carbocycles. The van der Waals surface area contributed by atoms with Gasteiger partial charge in [-0.1, -0.05) is 23.9 Å². The first-order valence-corrected chi connectivity index (χ1v) is 10.7. The minimum atomic E-state index is -0.157. The van der Waals surface area contributed by atoms with Gasteiger partial charge in [-0.25, -0.2) is 4.98 Å². The Labute approximate surface area is 186 Å². The van der Waals surface area contributed by atoms with Gasteiger partial charge in [0.25, 0.3) is 5.56 Å². The largest absolute Gasteiger partial charge is 0.497 e. The van der Waals surface area contributed by atoms with Crippen molar-refractivity contribution in [3.05, 3.63) is 89.3 Å². The Bertz CT molecular complexity index is 1430. The molecule has 0 saturated carbocycles. The van der Waals surface area contributed by atoms with Crippen LogP contribution in [0.1, 0.15) is 5.89 Å². The number of methoxy groups -OCH3 is 1. The topological polar surface area (TPSA) is 95.9 Å². The zero-order valence-corrected chi connectivity index (χ0v) is 17.8. The fraction of sp³-hybridized carbons (Fsp3) is 0.0870. The van der Waals surface area contributed by atoms with Crippen molar-refractivity contribution in [2.75, 3.05) is 7.11 Å². The van der Waals surface area contributed by atoms with Crippen LogP contribution in [0.25, 0.3) is 28.0 Å². The molecule has 0 fully saturated rings. The molecule has 0 spiro atoms. The molecular formula is C23H17N5O3S. The highest BCUT2D eigenvalue weighted by atomic mass is 32.2. The average molecular weight is 443 g/mol. The molecule has 32 heavy (non-hydrogen) atoms. The number of hydrogen-bond acceptors (Lipinski definition) is 8. The zero-order chi connectivity index (χ0) is 21.9. The van der Waals surface area contributed by atoms with Crippen LogP contribution in [0.3, 0.4) is 0 Å². The fourth-order valence-corrected chi connectivity index (χ4v) is 4.06. The lowest BCUT2D eigenvalue weighted by Gasteiger charge is -2.12. The molecule has 0 unspecified atom stereocenters. The van der Waals surface area contributed by atoms with Gasteiger partial charge in [0.15, 0.2) is 5.16 Å². The number of benzene rings is 2. The van der Waals surface area contributed by atoms with Crippen LogP contribution >= 0.6 is 11.8 Å². The van der Waals surface area contributed by atoms with Crippen LogP contribution in [-0.2, 0) is 5.75 Å². The van der Waals surface area contributed by atoms with E-state index in [-0.39, 0.29) is 5.56 Å². The molecule has 0 radical (unpaired) electrons. The third-order valence-electron chi connectivity index (χ3n) is 4.78. The summed E-state index contributed by atoms with van der Waals surface area (Å²) in [5.74, 6) is 1.95. The number of rotatable bonds is 6. The van der Waals surface area contributed by atoms with Crippen molar-refractivity contribution in [1.29, 1.82) is 0 Å². The molecule has 0 bridgehead atoms. The highest BCUT2D eigenvalue weighted by molar-refractivity contribution is 7.98. The van der Waals surface area contributed by atoms with Crippen molar-refractivity contribution in [2.45, 2.75) is 10.9 Å². The van der Waals surface area contributed by atoms with Crippen LogP contribution in [0, 0.1) is 0 Å². The maximum absolute atomic E-state index is 13.2. The first-order valence-electron chi connectivity index (χ1n) is 9.75. The molecule has 8 nitrogen and oxygen atoms in total. The fourth-order valence-electron chi connectivity index (χ4n) is 3.21. The summed E-state index contributed by atoms with van der Waals surface area (Å²) in [6, 6.07) is 18.3. The minimum absolute atomic E-state index is 0.157. The smallest absolute Gasteiger partial charge is 0.266 e. The summed E-state index contributed by atoms with van der Waals surface area (Å²) < 4.78 is 12.5. The van der Waals surface area contributed by atoms with Crippen molar-refractivity contribution < 1.29 is 9.15 Å². The number of fused-ring (bicyclic) bond motifs is 1. The van der Waals surface area contributed by atoms with E-state index in [0.717, 1.165) is 11.3 Å². The van der Waals surface area contributed by atoms with Gasteiger partial charge in [-0.05, 0) is 48.5 Å².